The zero-order valence-corrected chi connectivity index (χ0v) is 11.1. The van der Waals surface area contributed by atoms with Crippen LogP contribution in [0.2, 0.25) is 0 Å². The van der Waals surface area contributed by atoms with E-state index in [1.807, 2.05) is 0 Å². The molecule has 1 aromatic carbocycles. The zero-order valence-electron chi connectivity index (χ0n) is 11.1. The van der Waals surface area contributed by atoms with E-state index in [1.165, 1.54) is 31.4 Å². The van der Waals surface area contributed by atoms with Crippen LogP contribution in [0.4, 0.5) is 10.1 Å². The summed E-state index contributed by atoms with van der Waals surface area (Å²) in [5, 5.41) is 13.8. The first-order valence-electron chi connectivity index (χ1n) is 6.70. The van der Waals surface area contributed by atoms with Crippen LogP contribution in [0.1, 0.15) is 31.7 Å². The topological polar surface area (TPSA) is 55.2 Å². The van der Waals surface area contributed by atoms with E-state index < -0.39 is 16.4 Å². The van der Waals surface area contributed by atoms with Crippen LogP contribution in [0.15, 0.2) is 18.2 Å². The summed E-state index contributed by atoms with van der Waals surface area (Å²) >= 11 is 0. The molecule has 0 aliphatic heterocycles. The third-order valence-corrected chi connectivity index (χ3v) is 3.77. The molecule has 2 atom stereocenters. The summed E-state index contributed by atoms with van der Waals surface area (Å²) < 4.78 is 13.4. The lowest BCUT2D eigenvalue weighted by atomic mass is 10.1. The maximum Gasteiger partial charge on any atom is 0.304 e. The van der Waals surface area contributed by atoms with Crippen molar-refractivity contribution in [1.29, 1.82) is 0 Å². The monoisotopic (exact) mass is 266 g/mol. The second kappa shape index (κ2) is 6.10. The van der Waals surface area contributed by atoms with Gasteiger partial charge in [0.2, 0.25) is 5.82 Å². The molecule has 1 saturated carbocycles. The van der Waals surface area contributed by atoms with E-state index in [9.17, 15) is 14.5 Å². The lowest BCUT2D eigenvalue weighted by Gasteiger charge is -2.11. The number of nitrogens with one attached hydrogen (secondary N) is 1. The summed E-state index contributed by atoms with van der Waals surface area (Å²) in [4.78, 5) is 9.80. The maximum absolute atomic E-state index is 13.4. The predicted molar refractivity (Wildman–Crippen MR) is 71.3 cm³/mol. The van der Waals surface area contributed by atoms with Gasteiger partial charge in [-0.1, -0.05) is 19.4 Å². The molecule has 0 bridgehead atoms. The molecule has 104 valence electrons. The van der Waals surface area contributed by atoms with Crippen molar-refractivity contribution in [3.8, 4) is 0 Å². The van der Waals surface area contributed by atoms with E-state index >= 15 is 0 Å². The van der Waals surface area contributed by atoms with Crippen molar-refractivity contribution in [3.05, 3.63) is 39.7 Å². The molecular formula is C14H19FN2O2. The molecule has 0 spiro atoms. The molecule has 5 heteroatoms. The third-order valence-electron chi connectivity index (χ3n) is 3.77. The first-order chi connectivity index (χ1) is 9.06. The molecule has 1 aliphatic carbocycles. The normalized spacial score (nSPS) is 22.6. The van der Waals surface area contributed by atoms with Crippen molar-refractivity contribution in [2.45, 2.75) is 32.7 Å². The Morgan fingerprint density at radius 2 is 2.26 bits per heavy atom. The molecular weight excluding hydrogens is 247 g/mol. The molecule has 1 aliphatic rings. The van der Waals surface area contributed by atoms with Gasteiger partial charge in [0.15, 0.2) is 0 Å². The van der Waals surface area contributed by atoms with Crippen molar-refractivity contribution < 1.29 is 9.31 Å². The first-order valence-corrected chi connectivity index (χ1v) is 6.70. The average Bonchev–Trinajstić information content (AvgIpc) is 2.75. The minimum atomic E-state index is -0.765. The smallest absolute Gasteiger partial charge is 0.304 e. The summed E-state index contributed by atoms with van der Waals surface area (Å²) in [5.74, 6) is 0.750. The van der Waals surface area contributed by atoms with Crippen LogP contribution in [0.3, 0.4) is 0 Å². The van der Waals surface area contributed by atoms with Gasteiger partial charge >= 0.3 is 5.69 Å². The van der Waals surface area contributed by atoms with Crippen LogP contribution >= 0.6 is 0 Å². The fourth-order valence-corrected chi connectivity index (χ4v) is 2.74. The number of halogens is 1. The molecule has 0 saturated heterocycles. The van der Waals surface area contributed by atoms with Crippen LogP contribution < -0.4 is 5.32 Å². The highest BCUT2D eigenvalue weighted by atomic mass is 19.1. The van der Waals surface area contributed by atoms with Gasteiger partial charge in [0.25, 0.3) is 0 Å². The Labute approximate surface area is 112 Å². The number of nitro groups is 1. The summed E-state index contributed by atoms with van der Waals surface area (Å²) in [6.07, 6.45) is 3.79. The Hall–Kier alpha value is -1.49. The Bertz CT molecular complexity index is 465. The molecule has 0 heterocycles. The van der Waals surface area contributed by atoms with Gasteiger partial charge in [0, 0.05) is 12.6 Å². The molecule has 0 aromatic heterocycles. The second-order valence-corrected chi connectivity index (χ2v) is 5.46. The van der Waals surface area contributed by atoms with E-state index in [0.29, 0.717) is 12.5 Å². The minimum absolute atomic E-state index is 0.464. The van der Waals surface area contributed by atoms with Crippen LogP contribution in [-0.4, -0.2) is 11.5 Å². The maximum atomic E-state index is 13.4. The fourth-order valence-electron chi connectivity index (χ4n) is 2.74. The van der Waals surface area contributed by atoms with Gasteiger partial charge in [-0.15, -0.1) is 0 Å². The summed E-state index contributed by atoms with van der Waals surface area (Å²) in [6.45, 7) is 3.76. The van der Waals surface area contributed by atoms with Crippen LogP contribution in [0, 0.1) is 27.8 Å². The molecule has 1 aromatic rings. The molecule has 2 unspecified atom stereocenters. The zero-order chi connectivity index (χ0) is 13.8. The predicted octanol–water partition coefficient (Wildman–Crippen LogP) is 3.26. The number of benzene rings is 1. The first kappa shape index (κ1) is 13.9. The molecule has 0 amide bonds. The standard InChI is InChI=1S/C14H19FN2O2/c1-10-2-3-11(6-10)8-16-9-12-4-5-14(17(18)19)13(15)7-12/h4-5,7,10-11,16H,2-3,6,8-9H2,1H3. The molecule has 1 N–H and O–H groups in total. The third kappa shape index (κ3) is 3.73. The molecule has 1 fully saturated rings. The van der Waals surface area contributed by atoms with Gasteiger partial charge in [-0.25, -0.2) is 0 Å². The van der Waals surface area contributed by atoms with E-state index in [4.69, 9.17) is 0 Å². The second-order valence-electron chi connectivity index (χ2n) is 5.46. The van der Waals surface area contributed by atoms with Gasteiger partial charge in [-0.3, -0.25) is 10.1 Å². The molecule has 0 radical (unpaired) electrons. The molecule has 2 rings (SSSR count). The molecule has 19 heavy (non-hydrogen) atoms. The summed E-state index contributed by atoms with van der Waals surface area (Å²) in [7, 11) is 0. The SMILES string of the molecule is CC1CCC(CNCc2ccc([N+](=O)[O-])c(F)c2)C1. The van der Waals surface area contributed by atoms with E-state index in [2.05, 4.69) is 12.2 Å². The number of rotatable bonds is 5. The van der Waals surface area contributed by atoms with E-state index in [-0.39, 0.29) is 0 Å². The average molecular weight is 266 g/mol. The van der Waals surface area contributed by atoms with E-state index in [0.717, 1.165) is 18.0 Å². The number of hydrogen-bond donors (Lipinski definition) is 1. The quantitative estimate of drug-likeness (QED) is 0.657. The van der Waals surface area contributed by atoms with Crippen molar-refractivity contribution in [1.82, 2.24) is 5.32 Å². The van der Waals surface area contributed by atoms with Crippen molar-refractivity contribution in [2.75, 3.05) is 6.54 Å². The fraction of sp³-hybridized carbons (Fsp3) is 0.571. The summed E-state index contributed by atoms with van der Waals surface area (Å²) in [6, 6.07) is 4.07. The van der Waals surface area contributed by atoms with Gasteiger partial charge < -0.3 is 5.32 Å². The van der Waals surface area contributed by atoms with E-state index in [1.54, 1.807) is 6.07 Å². The highest BCUT2D eigenvalue weighted by Crippen LogP contribution is 2.29. The largest absolute Gasteiger partial charge is 0.312 e. The van der Waals surface area contributed by atoms with Crippen LogP contribution in [-0.2, 0) is 6.54 Å². The van der Waals surface area contributed by atoms with Crippen molar-refractivity contribution in [3.63, 3.8) is 0 Å². The number of nitro benzene ring substituents is 1. The highest BCUT2D eigenvalue weighted by Gasteiger charge is 2.20. The number of nitrogens with zero attached hydrogens (tertiary/aromatic N) is 1. The lowest BCUT2D eigenvalue weighted by Crippen LogP contribution is -2.21. The number of hydrogen-bond acceptors (Lipinski definition) is 3. The Kier molecular flexibility index (Phi) is 4.47. The Morgan fingerprint density at radius 3 is 2.84 bits per heavy atom. The van der Waals surface area contributed by atoms with Crippen molar-refractivity contribution in [2.24, 2.45) is 11.8 Å². The minimum Gasteiger partial charge on any atom is -0.312 e. The van der Waals surface area contributed by atoms with Gasteiger partial charge in [-0.05, 0) is 42.9 Å². The molecule has 4 nitrogen and oxygen atoms in total. The van der Waals surface area contributed by atoms with Crippen molar-refractivity contribution >= 4 is 5.69 Å². The van der Waals surface area contributed by atoms with Crippen LogP contribution in [0.25, 0.3) is 0 Å². The Balaban J connectivity index is 1.83. The highest BCUT2D eigenvalue weighted by molar-refractivity contribution is 5.34. The van der Waals surface area contributed by atoms with Crippen LogP contribution in [0.5, 0.6) is 0 Å². The van der Waals surface area contributed by atoms with Gasteiger partial charge in [-0.2, -0.15) is 4.39 Å². The van der Waals surface area contributed by atoms with Gasteiger partial charge in [0.05, 0.1) is 4.92 Å². The van der Waals surface area contributed by atoms with Gasteiger partial charge in [0.1, 0.15) is 0 Å². The lowest BCUT2D eigenvalue weighted by molar-refractivity contribution is -0.387. The summed E-state index contributed by atoms with van der Waals surface area (Å²) in [5.41, 5.74) is 0.280. The Morgan fingerprint density at radius 1 is 1.47 bits per heavy atom.